The van der Waals surface area contributed by atoms with Gasteiger partial charge >= 0.3 is 0 Å². The Bertz CT molecular complexity index is 428. The minimum absolute atomic E-state index is 0.387. The largest absolute Gasteiger partial charge is 0.398 e. The van der Waals surface area contributed by atoms with Gasteiger partial charge in [-0.3, -0.25) is 4.90 Å². The molecule has 4 heteroatoms. The number of benzene rings is 1. The minimum atomic E-state index is 0.387. The van der Waals surface area contributed by atoms with Crippen LogP contribution < -0.4 is 11.1 Å². The zero-order valence-electron chi connectivity index (χ0n) is 12.5. The summed E-state index contributed by atoms with van der Waals surface area (Å²) in [5.74, 6) is 0.709. The van der Waals surface area contributed by atoms with E-state index in [2.05, 4.69) is 24.1 Å². The second-order valence-electron chi connectivity index (χ2n) is 6.05. The Morgan fingerprint density at radius 3 is 2.60 bits per heavy atom. The van der Waals surface area contributed by atoms with Gasteiger partial charge in [0.25, 0.3) is 0 Å². The Morgan fingerprint density at radius 1 is 1.25 bits per heavy atom. The van der Waals surface area contributed by atoms with Gasteiger partial charge in [0.2, 0.25) is 0 Å². The van der Waals surface area contributed by atoms with Crippen molar-refractivity contribution in [2.45, 2.75) is 32.7 Å². The van der Waals surface area contributed by atoms with Gasteiger partial charge in [0.15, 0.2) is 0 Å². The van der Waals surface area contributed by atoms with Crippen molar-refractivity contribution < 1.29 is 0 Å². The predicted octanol–water partition coefficient (Wildman–Crippen LogP) is 3.30. The number of hydrogen-bond donors (Lipinski definition) is 2. The first kappa shape index (κ1) is 15.6. The summed E-state index contributed by atoms with van der Waals surface area (Å²) in [5, 5.41) is 4.19. The molecule has 1 fully saturated rings. The van der Waals surface area contributed by atoms with Gasteiger partial charge in [0, 0.05) is 42.9 Å². The lowest BCUT2D eigenvalue weighted by atomic mass is 9.94. The molecule has 1 aliphatic rings. The smallest absolute Gasteiger partial charge is 0.0410 e. The number of halogens is 1. The van der Waals surface area contributed by atoms with Crippen molar-refractivity contribution in [1.82, 2.24) is 10.2 Å². The molecule has 0 saturated carbocycles. The van der Waals surface area contributed by atoms with E-state index < -0.39 is 0 Å². The van der Waals surface area contributed by atoms with Crippen LogP contribution in [0.2, 0.25) is 5.02 Å². The maximum Gasteiger partial charge on any atom is 0.0410 e. The lowest BCUT2D eigenvalue weighted by Gasteiger charge is -2.36. The number of rotatable bonds is 5. The number of nitrogens with two attached hydrogens (primary N) is 1. The van der Waals surface area contributed by atoms with Crippen LogP contribution in [0, 0.1) is 5.92 Å². The van der Waals surface area contributed by atoms with Gasteiger partial charge in [-0.05, 0) is 42.5 Å². The highest BCUT2D eigenvalue weighted by Crippen LogP contribution is 2.33. The second kappa shape index (κ2) is 7.30. The lowest BCUT2D eigenvalue weighted by molar-refractivity contribution is 0.160. The van der Waals surface area contributed by atoms with Gasteiger partial charge in [0.1, 0.15) is 0 Å². The fraction of sp³-hybridized carbons (Fsp3) is 0.625. The molecule has 1 aromatic rings. The van der Waals surface area contributed by atoms with E-state index in [-0.39, 0.29) is 0 Å². The van der Waals surface area contributed by atoms with Gasteiger partial charge in [-0.25, -0.2) is 0 Å². The molecule has 1 aliphatic heterocycles. The number of nitrogen functional groups attached to an aromatic ring is 1. The Balaban J connectivity index is 2.21. The number of hydrogen-bond acceptors (Lipinski definition) is 3. The van der Waals surface area contributed by atoms with E-state index in [0.29, 0.717) is 12.0 Å². The molecule has 3 nitrogen and oxygen atoms in total. The van der Waals surface area contributed by atoms with E-state index in [1.54, 1.807) is 0 Å². The first-order valence-corrected chi connectivity index (χ1v) is 7.95. The van der Waals surface area contributed by atoms with Gasteiger partial charge in [0.05, 0.1) is 0 Å². The van der Waals surface area contributed by atoms with Crippen LogP contribution in [0.3, 0.4) is 0 Å². The van der Waals surface area contributed by atoms with E-state index in [4.69, 9.17) is 17.3 Å². The zero-order valence-corrected chi connectivity index (χ0v) is 13.3. The van der Waals surface area contributed by atoms with Crippen molar-refractivity contribution in [2.24, 2.45) is 5.92 Å². The minimum Gasteiger partial charge on any atom is -0.398 e. The van der Waals surface area contributed by atoms with Crippen LogP contribution in [-0.4, -0.2) is 31.1 Å². The molecule has 0 aromatic heterocycles. The summed E-state index contributed by atoms with van der Waals surface area (Å²) in [6.45, 7) is 8.81. The molecule has 1 atom stereocenters. The molecule has 0 spiro atoms. The van der Waals surface area contributed by atoms with E-state index in [1.807, 2.05) is 18.2 Å². The molecule has 0 radical (unpaired) electrons. The Morgan fingerprint density at radius 2 is 1.95 bits per heavy atom. The molecule has 1 saturated heterocycles. The Labute approximate surface area is 127 Å². The molecule has 0 amide bonds. The second-order valence-corrected chi connectivity index (χ2v) is 6.48. The summed E-state index contributed by atoms with van der Waals surface area (Å²) >= 11 is 6.18. The average Bonchev–Trinajstić information content (AvgIpc) is 2.43. The van der Waals surface area contributed by atoms with Crippen LogP contribution in [0.5, 0.6) is 0 Å². The van der Waals surface area contributed by atoms with Gasteiger partial charge < -0.3 is 11.1 Å². The molecule has 112 valence electrons. The third kappa shape index (κ3) is 4.11. The fourth-order valence-corrected chi connectivity index (χ4v) is 3.03. The van der Waals surface area contributed by atoms with Crippen LogP contribution >= 0.6 is 11.6 Å². The Hall–Kier alpha value is -0.770. The standard InChI is InChI=1S/C16H26ClN3/c1-12(2)3-6-16(20-9-7-19-8-10-20)14-11-13(17)4-5-15(14)18/h4-5,11-12,16,19H,3,6-10,18H2,1-2H3/t16-/m1/s1. The maximum absolute atomic E-state index is 6.20. The first-order chi connectivity index (χ1) is 9.58. The van der Waals surface area contributed by atoms with Crippen molar-refractivity contribution >= 4 is 17.3 Å². The summed E-state index contributed by atoms with van der Waals surface area (Å²) < 4.78 is 0. The number of anilines is 1. The quantitative estimate of drug-likeness (QED) is 0.819. The zero-order chi connectivity index (χ0) is 14.5. The van der Waals surface area contributed by atoms with Crippen LogP contribution in [0.25, 0.3) is 0 Å². The van der Waals surface area contributed by atoms with Gasteiger partial charge in [-0.1, -0.05) is 25.4 Å². The highest BCUT2D eigenvalue weighted by molar-refractivity contribution is 6.30. The van der Waals surface area contributed by atoms with E-state index in [0.717, 1.165) is 43.3 Å². The van der Waals surface area contributed by atoms with Crippen LogP contribution in [0.1, 0.15) is 38.3 Å². The third-order valence-corrected chi connectivity index (χ3v) is 4.25. The topological polar surface area (TPSA) is 41.3 Å². The van der Waals surface area contributed by atoms with Crippen molar-refractivity contribution in [3.63, 3.8) is 0 Å². The monoisotopic (exact) mass is 295 g/mol. The highest BCUT2D eigenvalue weighted by Gasteiger charge is 2.24. The molecule has 1 aromatic carbocycles. The fourth-order valence-electron chi connectivity index (χ4n) is 2.85. The van der Waals surface area contributed by atoms with Crippen molar-refractivity contribution in [3.05, 3.63) is 28.8 Å². The molecule has 0 unspecified atom stereocenters. The summed E-state index contributed by atoms with van der Waals surface area (Å²) in [4.78, 5) is 2.54. The van der Waals surface area contributed by atoms with Crippen molar-refractivity contribution in [1.29, 1.82) is 0 Å². The summed E-state index contributed by atoms with van der Waals surface area (Å²) in [7, 11) is 0. The van der Waals surface area contributed by atoms with E-state index in [1.165, 1.54) is 12.0 Å². The lowest BCUT2D eigenvalue weighted by Crippen LogP contribution is -2.45. The average molecular weight is 296 g/mol. The SMILES string of the molecule is CC(C)CC[C@H](c1cc(Cl)ccc1N)N1CCNCC1. The summed E-state index contributed by atoms with van der Waals surface area (Å²) in [5.41, 5.74) is 8.26. The third-order valence-electron chi connectivity index (χ3n) is 4.02. The molecule has 1 heterocycles. The molecule has 0 bridgehead atoms. The molecule has 0 aliphatic carbocycles. The number of piperazine rings is 1. The Kier molecular flexibility index (Phi) is 5.70. The van der Waals surface area contributed by atoms with E-state index >= 15 is 0 Å². The van der Waals surface area contributed by atoms with Crippen LogP contribution in [0.15, 0.2) is 18.2 Å². The van der Waals surface area contributed by atoms with Crippen LogP contribution in [0.4, 0.5) is 5.69 Å². The molecular weight excluding hydrogens is 270 g/mol. The molecule has 20 heavy (non-hydrogen) atoms. The maximum atomic E-state index is 6.20. The highest BCUT2D eigenvalue weighted by atomic mass is 35.5. The number of nitrogens with one attached hydrogen (secondary N) is 1. The molecular formula is C16H26ClN3. The normalized spacial score (nSPS) is 18.4. The predicted molar refractivity (Wildman–Crippen MR) is 87.1 cm³/mol. The summed E-state index contributed by atoms with van der Waals surface area (Å²) in [6, 6.07) is 6.24. The van der Waals surface area contributed by atoms with Crippen molar-refractivity contribution in [3.8, 4) is 0 Å². The van der Waals surface area contributed by atoms with Gasteiger partial charge in [-0.15, -0.1) is 0 Å². The molecule has 2 rings (SSSR count). The van der Waals surface area contributed by atoms with E-state index in [9.17, 15) is 0 Å². The van der Waals surface area contributed by atoms with Crippen molar-refractivity contribution in [2.75, 3.05) is 31.9 Å². The summed E-state index contributed by atoms with van der Waals surface area (Å²) in [6.07, 6.45) is 2.35. The first-order valence-electron chi connectivity index (χ1n) is 7.57. The molecule has 3 N–H and O–H groups in total. The van der Waals surface area contributed by atoms with Crippen LogP contribution in [-0.2, 0) is 0 Å². The van der Waals surface area contributed by atoms with Gasteiger partial charge in [-0.2, -0.15) is 0 Å². The number of nitrogens with zero attached hydrogens (tertiary/aromatic N) is 1.